The van der Waals surface area contributed by atoms with Crippen LogP contribution in [0.25, 0.3) is 0 Å². The second kappa shape index (κ2) is 11.1. The lowest BCUT2D eigenvalue weighted by molar-refractivity contribution is -0.861. The third kappa shape index (κ3) is 15.1. The van der Waals surface area contributed by atoms with E-state index in [1.54, 1.807) is 6.92 Å². The van der Waals surface area contributed by atoms with Gasteiger partial charge in [-0.15, -0.1) is 0 Å². The van der Waals surface area contributed by atoms with E-state index in [2.05, 4.69) is 13.2 Å². The van der Waals surface area contributed by atoms with E-state index in [9.17, 15) is 24.7 Å². The van der Waals surface area contributed by atoms with Crippen molar-refractivity contribution in [3.8, 4) is 0 Å². The maximum atomic E-state index is 11.6. The highest BCUT2D eigenvalue weighted by Gasteiger charge is 2.17. The van der Waals surface area contributed by atoms with Gasteiger partial charge in [0.05, 0.1) is 34.9 Å². The number of carbonyl (C=O) groups is 2. The summed E-state index contributed by atoms with van der Waals surface area (Å²) in [6.07, 6.45) is 0.139. The van der Waals surface area contributed by atoms with Gasteiger partial charge >= 0.3 is 5.97 Å². The molecule has 0 aliphatic heterocycles. The van der Waals surface area contributed by atoms with Crippen molar-refractivity contribution in [2.24, 2.45) is 0 Å². The van der Waals surface area contributed by atoms with E-state index >= 15 is 0 Å². The number of quaternary nitrogens is 1. The highest BCUT2D eigenvalue weighted by atomic mass is 31.1. The van der Waals surface area contributed by atoms with Gasteiger partial charge in [-0.25, -0.2) is 4.79 Å². The molecule has 0 aromatic rings. The zero-order valence-corrected chi connectivity index (χ0v) is 15.3. The molecule has 0 aliphatic rings. The summed E-state index contributed by atoms with van der Waals surface area (Å²) in [5, 5.41) is 19.1. The minimum absolute atomic E-state index is 0.0299. The van der Waals surface area contributed by atoms with Crippen LogP contribution in [0.4, 0.5) is 0 Å². The maximum absolute atomic E-state index is 11.6. The number of hydrogen-bond donors (Lipinski definition) is 1. The van der Waals surface area contributed by atoms with E-state index in [1.807, 2.05) is 21.1 Å². The van der Waals surface area contributed by atoms with Gasteiger partial charge < -0.3 is 29.1 Å². The minimum atomic E-state index is -1.86. The van der Waals surface area contributed by atoms with Crippen LogP contribution in [0.2, 0.25) is 0 Å². The molecule has 0 aromatic heterocycles. The van der Waals surface area contributed by atoms with Crippen LogP contribution in [0.15, 0.2) is 24.3 Å². The fraction of sp³-hybridized carbons (Fsp3) is 0.533. The first-order valence-electron chi connectivity index (χ1n) is 6.77. The summed E-state index contributed by atoms with van der Waals surface area (Å²) < 4.78 is 5.30. The van der Waals surface area contributed by atoms with Crippen molar-refractivity contribution in [3.63, 3.8) is 0 Å². The summed E-state index contributed by atoms with van der Waals surface area (Å²) in [5.74, 6) is -1.69. The highest BCUT2D eigenvalue weighted by Crippen LogP contribution is 2.13. The van der Waals surface area contributed by atoms with Crippen molar-refractivity contribution in [1.82, 2.24) is 0 Å². The molecule has 0 radical (unpaired) electrons. The van der Waals surface area contributed by atoms with Gasteiger partial charge in [-0.3, -0.25) is 0 Å². The first-order chi connectivity index (χ1) is 10.3. The number of carboxylic acid groups (broad SMARTS) is 1. The largest absolute Gasteiger partial charge is 0.628 e. The molecule has 132 valence electrons. The van der Waals surface area contributed by atoms with Crippen LogP contribution in [-0.4, -0.2) is 67.5 Å². The summed E-state index contributed by atoms with van der Waals surface area (Å²) in [6, 6.07) is 0. The Bertz CT molecular complexity index is 479. The van der Waals surface area contributed by atoms with Gasteiger partial charge in [-0.1, -0.05) is 13.2 Å². The number of carboxylic acids is 1. The fourth-order valence-electron chi connectivity index (χ4n) is 0.977. The van der Waals surface area contributed by atoms with Crippen LogP contribution in [0.5, 0.6) is 0 Å². The Morgan fingerprint density at radius 1 is 1.17 bits per heavy atom. The topological polar surface area (TPSA) is 110 Å². The van der Waals surface area contributed by atoms with Crippen molar-refractivity contribution < 1.29 is 33.9 Å². The molecular formula is C15H26NO6P. The third-order valence-electron chi connectivity index (χ3n) is 2.13. The molecule has 1 atom stereocenters. The Kier molecular flexibility index (Phi) is 11.4. The molecule has 0 saturated carbocycles. The van der Waals surface area contributed by atoms with Crippen molar-refractivity contribution >= 4 is 25.2 Å². The standard InChI is InChI=1S/C11H20NO4P.C4H6O2/c1-9(2)11(14)16-6-7-17(15)10(13)8-12(3,4)5;1-3(2)4(5)6/h1,6-8H2,2-5H3;1H2,2H3,(H,5,6). The van der Waals surface area contributed by atoms with Crippen molar-refractivity contribution in [3.05, 3.63) is 24.3 Å². The number of carbonyl (C=O) groups excluding carboxylic acids is 2. The fourth-order valence-corrected chi connectivity index (χ4v) is 2.07. The Morgan fingerprint density at radius 2 is 1.61 bits per heavy atom. The van der Waals surface area contributed by atoms with E-state index in [4.69, 9.17) is 4.74 Å². The predicted molar refractivity (Wildman–Crippen MR) is 87.2 cm³/mol. The highest BCUT2D eigenvalue weighted by molar-refractivity contribution is 7.51. The van der Waals surface area contributed by atoms with Crippen LogP contribution >= 0.6 is 7.77 Å². The molecule has 0 bridgehead atoms. The molecule has 8 heteroatoms. The molecule has 0 spiro atoms. The van der Waals surface area contributed by atoms with E-state index < -0.39 is 19.7 Å². The number of ether oxygens (including phenoxy) is 1. The van der Waals surface area contributed by atoms with Gasteiger partial charge in [0, 0.05) is 5.57 Å². The molecule has 0 rings (SSSR count). The number of aliphatic carboxylic acids is 1. The molecular weight excluding hydrogens is 321 g/mol. The zero-order valence-electron chi connectivity index (χ0n) is 14.4. The SMILES string of the molecule is C=C(C)C(=O)OCC/[P+]([O-])=C(\O)C[N+](C)(C)C.C=C(C)C(=O)[O-]. The normalized spacial score (nSPS) is 11.6. The Hall–Kier alpha value is -1.53. The van der Waals surface area contributed by atoms with E-state index in [-0.39, 0.29) is 23.8 Å². The third-order valence-corrected chi connectivity index (χ3v) is 3.43. The van der Waals surface area contributed by atoms with Gasteiger partial charge in [0.1, 0.15) is 12.8 Å². The minimum Gasteiger partial charge on any atom is -0.628 e. The van der Waals surface area contributed by atoms with Crippen LogP contribution < -0.4 is 10.00 Å². The number of aliphatic hydroxyl groups excluding tert-OH is 1. The summed E-state index contributed by atoms with van der Waals surface area (Å²) in [5.41, 5.74) is 0.327. The quantitative estimate of drug-likeness (QED) is 0.285. The van der Waals surface area contributed by atoms with Crippen molar-refractivity contribution in [1.29, 1.82) is 0 Å². The van der Waals surface area contributed by atoms with Crippen LogP contribution in [0.1, 0.15) is 13.8 Å². The molecule has 0 saturated heterocycles. The Labute approximate surface area is 138 Å². The predicted octanol–water partition coefficient (Wildman–Crippen LogP) is -0.616. The van der Waals surface area contributed by atoms with E-state index in [1.165, 1.54) is 6.92 Å². The van der Waals surface area contributed by atoms with Crippen LogP contribution in [-0.2, 0) is 14.3 Å². The van der Waals surface area contributed by atoms with Gasteiger partial charge in [0.2, 0.25) is 0 Å². The van der Waals surface area contributed by atoms with Gasteiger partial charge in [-0.2, -0.15) is 0 Å². The van der Waals surface area contributed by atoms with Gasteiger partial charge in [-0.05, 0) is 19.4 Å². The molecule has 1 unspecified atom stereocenters. The number of likely N-dealkylation sites (N-methyl/N-ethyl adjacent to an activating group) is 1. The zero-order chi connectivity index (χ0) is 18.8. The molecule has 0 amide bonds. The lowest BCUT2D eigenvalue weighted by Gasteiger charge is -2.22. The molecule has 0 aromatic carbocycles. The molecule has 0 aliphatic carbocycles. The van der Waals surface area contributed by atoms with E-state index in [0.29, 0.717) is 16.6 Å². The number of rotatable bonds is 7. The molecule has 1 N–H and O–H groups in total. The number of esters is 1. The number of hydrogen-bond acceptors (Lipinski definition) is 5. The second-order valence-electron chi connectivity index (χ2n) is 5.95. The summed E-state index contributed by atoms with van der Waals surface area (Å²) >= 11 is 0. The van der Waals surface area contributed by atoms with Crippen LogP contribution in [0, 0.1) is 0 Å². The lowest BCUT2D eigenvalue weighted by Crippen LogP contribution is -2.39. The first kappa shape index (κ1) is 23.7. The van der Waals surface area contributed by atoms with E-state index in [0.717, 1.165) is 0 Å². The maximum Gasteiger partial charge on any atom is 0.333 e. The summed E-state index contributed by atoms with van der Waals surface area (Å²) in [6.45, 7) is 9.81. The molecule has 0 heterocycles. The average Bonchev–Trinajstić information content (AvgIpc) is 2.36. The smallest absolute Gasteiger partial charge is 0.333 e. The van der Waals surface area contributed by atoms with Crippen molar-refractivity contribution in [2.45, 2.75) is 13.8 Å². The molecule has 0 fully saturated rings. The van der Waals surface area contributed by atoms with Crippen LogP contribution in [0.3, 0.4) is 0 Å². The monoisotopic (exact) mass is 347 g/mol. The van der Waals surface area contributed by atoms with Gasteiger partial charge in [0.25, 0.3) is 5.48 Å². The summed E-state index contributed by atoms with van der Waals surface area (Å²) in [7, 11) is 3.81. The molecule has 7 nitrogen and oxygen atoms in total. The first-order valence-corrected chi connectivity index (χ1v) is 8.21. The van der Waals surface area contributed by atoms with Crippen molar-refractivity contribution in [2.75, 3.05) is 40.5 Å². The Balaban J connectivity index is 0. The average molecular weight is 347 g/mol. The number of nitrogens with zero attached hydrogens (tertiary/aromatic N) is 1. The lowest BCUT2D eigenvalue weighted by atomic mass is 10.4. The molecule has 23 heavy (non-hydrogen) atoms. The summed E-state index contributed by atoms with van der Waals surface area (Å²) in [4.78, 5) is 32.1. The Morgan fingerprint density at radius 3 is 1.91 bits per heavy atom. The number of aliphatic hydroxyl groups is 1. The second-order valence-corrected chi connectivity index (χ2v) is 7.67. The van der Waals surface area contributed by atoms with Gasteiger partial charge in [0.15, 0.2) is 6.54 Å².